The summed E-state index contributed by atoms with van der Waals surface area (Å²) in [7, 11) is 0. The van der Waals surface area contributed by atoms with Gasteiger partial charge in [0.15, 0.2) is 0 Å². The molecule has 45 heavy (non-hydrogen) atoms. The summed E-state index contributed by atoms with van der Waals surface area (Å²) in [6.07, 6.45) is 0. The van der Waals surface area contributed by atoms with Crippen LogP contribution in [0.15, 0.2) is 162 Å². The minimum Gasteiger partial charge on any atom is -0.456 e. The fourth-order valence-corrected chi connectivity index (χ4v) is 7.02. The number of rotatable bonds is 3. The summed E-state index contributed by atoms with van der Waals surface area (Å²) >= 11 is 0. The molecule has 3 aromatic heterocycles. The predicted molar refractivity (Wildman–Crippen MR) is 188 cm³/mol. The highest BCUT2D eigenvalue weighted by molar-refractivity contribution is 6.17. The number of nitrogens with zero attached hydrogens (tertiary/aromatic N) is 2. The van der Waals surface area contributed by atoms with Crippen molar-refractivity contribution in [1.29, 1.82) is 0 Å². The van der Waals surface area contributed by atoms with Crippen molar-refractivity contribution >= 4 is 65.6 Å². The van der Waals surface area contributed by atoms with Crippen LogP contribution in [0.25, 0.3) is 88.1 Å². The lowest BCUT2D eigenvalue weighted by Gasteiger charge is -2.16. The fourth-order valence-electron chi connectivity index (χ4n) is 7.02. The smallest absolute Gasteiger partial charge is 0.137 e. The van der Waals surface area contributed by atoms with Gasteiger partial charge in [0.05, 0.1) is 41.4 Å². The van der Waals surface area contributed by atoms with E-state index in [-0.39, 0.29) is 46.8 Å². The van der Waals surface area contributed by atoms with Gasteiger partial charge in [-0.15, -0.1) is 0 Å². The molecule has 0 bridgehead atoms. The van der Waals surface area contributed by atoms with Crippen LogP contribution in [-0.2, 0) is 0 Å². The molecule has 0 unspecified atom stereocenters. The molecule has 10 rings (SSSR count). The largest absolute Gasteiger partial charge is 0.456 e. The molecule has 10 aromatic rings. The average Bonchev–Trinajstić information content (AvgIpc) is 3.83. The van der Waals surface area contributed by atoms with Gasteiger partial charge in [0.25, 0.3) is 0 Å². The number of para-hydroxylation sites is 4. The number of benzene rings is 7. The second kappa shape index (κ2) is 9.22. The van der Waals surface area contributed by atoms with Crippen LogP contribution in [0.3, 0.4) is 0 Å². The third-order valence-corrected chi connectivity index (χ3v) is 8.89. The summed E-state index contributed by atoms with van der Waals surface area (Å²) in [5.41, 5.74) is 6.57. The Bertz CT molecular complexity index is 3050. The van der Waals surface area contributed by atoms with Crippen molar-refractivity contribution in [2.75, 3.05) is 0 Å². The minimum atomic E-state index is -0.413. The first-order valence-corrected chi connectivity index (χ1v) is 14.9. The highest BCUT2D eigenvalue weighted by atomic mass is 16.3. The van der Waals surface area contributed by atoms with E-state index < -0.39 is 6.04 Å². The summed E-state index contributed by atoms with van der Waals surface area (Å²) < 4.78 is 63.7. The first-order valence-electron chi connectivity index (χ1n) is 17.9. The Kier molecular flexibility index (Phi) is 3.95. The van der Waals surface area contributed by atoms with Crippen LogP contribution >= 0.6 is 0 Å². The maximum atomic E-state index is 9.39. The van der Waals surface area contributed by atoms with E-state index in [1.54, 1.807) is 0 Å². The molecule has 3 heterocycles. The quantitative estimate of drug-likeness (QED) is 0.204. The van der Waals surface area contributed by atoms with Crippen LogP contribution in [0.2, 0.25) is 0 Å². The molecule has 0 aliphatic rings. The zero-order valence-corrected chi connectivity index (χ0v) is 23.8. The van der Waals surface area contributed by atoms with Gasteiger partial charge in [0, 0.05) is 38.2 Å². The lowest BCUT2D eigenvalue weighted by molar-refractivity contribution is 0.669. The average molecular weight is 581 g/mol. The van der Waals surface area contributed by atoms with E-state index in [9.17, 15) is 1.37 Å². The molecule has 3 heteroatoms. The van der Waals surface area contributed by atoms with Gasteiger partial charge < -0.3 is 13.6 Å². The highest BCUT2D eigenvalue weighted by Crippen LogP contribution is 2.44. The van der Waals surface area contributed by atoms with Gasteiger partial charge >= 0.3 is 0 Å². The fraction of sp³-hybridized carbons (Fsp3) is 0. The Hall–Kier alpha value is -6.06. The molecule has 0 radical (unpaired) electrons. The number of hydrogen-bond acceptors (Lipinski definition) is 1. The van der Waals surface area contributed by atoms with Gasteiger partial charge in [0.2, 0.25) is 0 Å². The van der Waals surface area contributed by atoms with Crippen molar-refractivity contribution in [1.82, 2.24) is 9.13 Å². The lowest BCUT2D eigenvalue weighted by atomic mass is 9.99. The molecule has 0 fully saturated rings. The second-order valence-electron chi connectivity index (χ2n) is 11.3. The van der Waals surface area contributed by atoms with Crippen molar-refractivity contribution in [3.05, 3.63) is 158 Å². The van der Waals surface area contributed by atoms with E-state index in [4.69, 9.17) is 11.3 Å². The lowest BCUT2D eigenvalue weighted by Crippen LogP contribution is -1.99. The van der Waals surface area contributed by atoms with Gasteiger partial charge in [-0.25, -0.2) is 0 Å². The van der Waals surface area contributed by atoms with Crippen LogP contribution in [-0.4, -0.2) is 9.13 Å². The summed E-state index contributed by atoms with van der Waals surface area (Å²) in [5, 5.41) is 4.82. The van der Waals surface area contributed by atoms with E-state index in [2.05, 4.69) is 81.9 Å². The first kappa shape index (κ1) is 19.3. The molecule has 0 aliphatic heterocycles. The van der Waals surface area contributed by atoms with E-state index in [1.807, 2.05) is 48.5 Å². The molecule has 3 nitrogen and oxygen atoms in total. The highest BCUT2D eigenvalue weighted by Gasteiger charge is 2.22. The molecule has 0 saturated heterocycles. The Morgan fingerprint density at radius 1 is 0.467 bits per heavy atom. The van der Waals surface area contributed by atoms with Crippen molar-refractivity contribution in [3.8, 4) is 22.5 Å². The molecule has 0 N–H and O–H groups in total. The van der Waals surface area contributed by atoms with E-state index >= 15 is 0 Å². The Balaban J connectivity index is 1.40. The van der Waals surface area contributed by atoms with Crippen LogP contribution in [0.1, 0.15) is 8.22 Å². The van der Waals surface area contributed by atoms with Gasteiger partial charge in [-0.05, 0) is 60.1 Å². The molecule has 0 spiro atoms. The summed E-state index contributed by atoms with van der Waals surface area (Å²) in [5.74, 6) is 0. The molecule has 0 saturated carbocycles. The molecular formula is C42H26N2O. The van der Waals surface area contributed by atoms with Crippen molar-refractivity contribution in [2.45, 2.75) is 0 Å². The van der Waals surface area contributed by atoms with Crippen molar-refractivity contribution in [3.63, 3.8) is 0 Å². The monoisotopic (exact) mass is 580 g/mol. The van der Waals surface area contributed by atoms with E-state index in [1.165, 1.54) is 10.8 Å². The normalized spacial score (nSPS) is 13.9. The summed E-state index contributed by atoms with van der Waals surface area (Å²) in [6, 6.07) is 39.0. The number of aromatic nitrogens is 2. The summed E-state index contributed by atoms with van der Waals surface area (Å²) in [6.45, 7) is 0. The molecule has 0 amide bonds. The van der Waals surface area contributed by atoms with Crippen molar-refractivity contribution < 1.29 is 12.6 Å². The van der Waals surface area contributed by atoms with Crippen LogP contribution in [0.4, 0.5) is 0 Å². The third-order valence-electron chi connectivity index (χ3n) is 8.89. The van der Waals surface area contributed by atoms with Crippen LogP contribution < -0.4 is 0 Å². The zero-order valence-electron chi connectivity index (χ0n) is 29.8. The number of furan rings is 1. The van der Waals surface area contributed by atoms with Crippen LogP contribution in [0.5, 0.6) is 0 Å². The third kappa shape index (κ3) is 3.41. The van der Waals surface area contributed by atoms with Gasteiger partial charge in [-0.1, -0.05) is 103 Å². The topological polar surface area (TPSA) is 23.0 Å². The maximum Gasteiger partial charge on any atom is 0.137 e. The van der Waals surface area contributed by atoms with Gasteiger partial charge in [0.1, 0.15) is 11.2 Å². The molecule has 0 atom stereocenters. The Morgan fingerprint density at radius 2 is 1.07 bits per heavy atom. The standard InChI is InChI=1S/C42H26N2O/c1-2-12-27(13-3-1)29-23-25-40-41(33-17-7-11-21-39(33)45-40)42(29)44-37-20-10-6-16-32(37)34-26-28(22-24-38(34)44)43-35-18-8-4-14-30(35)31-15-5-9-19-36(31)43/h1-26H/i7D,11D,17D,21D,23D,25D. The zero-order chi connectivity index (χ0) is 34.7. The first-order chi connectivity index (χ1) is 24.8. The Morgan fingerprint density at radius 3 is 1.80 bits per heavy atom. The number of hydrogen-bond donors (Lipinski definition) is 0. The molecule has 7 aromatic carbocycles. The Labute approximate surface area is 267 Å². The van der Waals surface area contributed by atoms with E-state index in [0.717, 1.165) is 38.5 Å². The van der Waals surface area contributed by atoms with E-state index in [0.29, 0.717) is 22.2 Å². The molecular weight excluding hydrogens is 548 g/mol. The SMILES string of the molecule is [2H]c1c([2H])c([2H])c2c(oc3c([2H])c([2H])c(-c4ccccc4)c(-n4c5ccccc5c5cc(-n6c7ccccc7c7ccccc76)ccc54)c32)c1[2H]. The van der Waals surface area contributed by atoms with Gasteiger partial charge in [-0.3, -0.25) is 0 Å². The second-order valence-corrected chi connectivity index (χ2v) is 11.3. The van der Waals surface area contributed by atoms with Gasteiger partial charge in [-0.2, -0.15) is 0 Å². The number of fused-ring (bicyclic) bond motifs is 9. The summed E-state index contributed by atoms with van der Waals surface area (Å²) in [4.78, 5) is 0. The van der Waals surface area contributed by atoms with Crippen molar-refractivity contribution in [2.24, 2.45) is 0 Å². The molecule has 210 valence electrons. The molecule has 0 aliphatic carbocycles. The maximum absolute atomic E-state index is 9.39. The predicted octanol–water partition coefficient (Wildman–Crippen LogP) is 11.4. The van der Waals surface area contributed by atoms with Crippen LogP contribution in [0, 0.1) is 0 Å². The minimum absolute atomic E-state index is 0.0372.